The van der Waals surface area contributed by atoms with Gasteiger partial charge in [0.1, 0.15) is 0 Å². The van der Waals surface area contributed by atoms with Crippen molar-refractivity contribution < 1.29 is 4.74 Å². The second kappa shape index (κ2) is 5.31. The molecule has 1 N–H and O–H groups in total. The van der Waals surface area contributed by atoms with Crippen LogP contribution in [0.2, 0.25) is 0 Å². The number of nitrogens with one attached hydrogen (secondary N) is 1. The summed E-state index contributed by atoms with van der Waals surface area (Å²) < 4.78 is 5.27. The van der Waals surface area contributed by atoms with Crippen molar-refractivity contribution in [2.24, 2.45) is 11.3 Å². The van der Waals surface area contributed by atoms with Crippen molar-refractivity contribution in [2.45, 2.75) is 59.0 Å². The first-order valence-corrected chi connectivity index (χ1v) is 6.19. The Labute approximate surface area is 94.8 Å². The van der Waals surface area contributed by atoms with Gasteiger partial charge in [-0.15, -0.1) is 0 Å². The Morgan fingerprint density at radius 3 is 2.47 bits per heavy atom. The molecule has 1 saturated carbocycles. The minimum absolute atomic E-state index is 0.508. The second-order valence-corrected chi connectivity index (χ2v) is 6.08. The summed E-state index contributed by atoms with van der Waals surface area (Å²) in [6, 6.07) is 1.21. The summed E-state index contributed by atoms with van der Waals surface area (Å²) in [7, 11) is 1.79. The lowest BCUT2D eigenvalue weighted by molar-refractivity contribution is 0.139. The normalized spacial score (nSPS) is 27.2. The van der Waals surface area contributed by atoms with Crippen LogP contribution < -0.4 is 5.32 Å². The van der Waals surface area contributed by atoms with Gasteiger partial charge in [0.05, 0.1) is 6.61 Å². The molecule has 1 aliphatic carbocycles. The lowest BCUT2D eigenvalue weighted by atomic mass is 9.91. The third kappa shape index (κ3) is 4.12. The molecule has 1 rings (SSSR count). The first kappa shape index (κ1) is 13.0. The molecule has 0 radical (unpaired) electrons. The highest BCUT2D eigenvalue weighted by molar-refractivity contribution is 4.88. The van der Waals surface area contributed by atoms with Crippen molar-refractivity contribution in [3.63, 3.8) is 0 Å². The molecule has 0 aromatic heterocycles. The van der Waals surface area contributed by atoms with E-state index in [1.54, 1.807) is 7.11 Å². The molecule has 2 nitrogen and oxygen atoms in total. The number of rotatable bonds is 5. The van der Waals surface area contributed by atoms with Crippen molar-refractivity contribution in [3.05, 3.63) is 0 Å². The molecule has 0 aliphatic heterocycles. The van der Waals surface area contributed by atoms with E-state index in [1.807, 2.05) is 0 Å². The van der Waals surface area contributed by atoms with Gasteiger partial charge in [-0.05, 0) is 30.6 Å². The van der Waals surface area contributed by atoms with Crippen molar-refractivity contribution >= 4 is 0 Å². The standard InChI is InChI=1S/C13H27NO/c1-10(2)12(9-15-5)14-11-6-7-13(3,4)8-11/h10-12,14H,6-9H2,1-5H3. The predicted octanol–water partition coefficient (Wildman–Crippen LogP) is 2.83. The molecule has 0 aromatic carbocycles. The van der Waals surface area contributed by atoms with Crippen LogP contribution in [0.5, 0.6) is 0 Å². The fourth-order valence-electron chi connectivity index (χ4n) is 2.49. The minimum Gasteiger partial charge on any atom is -0.383 e. The Morgan fingerprint density at radius 1 is 1.40 bits per heavy atom. The largest absolute Gasteiger partial charge is 0.383 e. The van der Waals surface area contributed by atoms with E-state index in [1.165, 1.54) is 19.3 Å². The highest BCUT2D eigenvalue weighted by atomic mass is 16.5. The highest BCUT2D eigenvalue weighted by Crippen LogP contribution is 2.37. The third-order valence-electron chi connectivity index (χ3n) is 3.57. The Balaban J connectivity index is 2.39. The van der Waals surface area contributed by atoms with E-state index >= 15 is 0 Å². The maximum absolute atomic E-state index is 5.27. The van der Waals surface area contributed by atoms with Crippen molar-refractivity contribution in [1.82, 2.24) is 5.32 Å². The van der Waals surface area contributed by atoms with Gasteiger partial charge in [0, 0.05) is 19.2 Å². The van der Waals surface area contributed by atoms with Gasteiger partial charge in [-0.25, -0.2) is 0 Å². The van der Waals surface area contributed by atoms with Crippen LogP contribution >= 0.6 is 0 Å². The molecule has 0 heterocycles. The quantitative estimate of drug-likeness (QED) is 0.758. The van der Waals surface area contributed by atoms with Gasteiger partial charge in [0.15, 0.2) is 0 Å². The van der Waals surface area contributed by atoms with Gasteiger partial charge >= 0.3 is 0 Å². The zero-order valence-electron chi connectivity index (χ0n) is 11.0. The Kier molecular flexibility index (Phi) is 4.60. The van der Waals surface area contributed by atoms with Crippen molar-refractivity contribution in [2.75, 3.05) is 13.7 Å². The summed E-state index contributed by atoms with van der Waals surface area (Å²) in [6.07, 6.45) is 3.97. The van der Waals surface area contributed by atoms with Crippen molar-refractivity contribution in [3.8, 4) is 0 Å². The number of hydrogen-bond donors (Lipinski definition) is 1. The van der Waals surface area contributed by atoms with Crippen LogP contribution in [0.4, 0.5) is 0 Å². The van der Waals surface area contributed by atoms with Gasteiger partial charge in [-0.3, -0.25) is 0 Å². The second-order valence-electron chi connectivity index (χ2n) is 6.08. The maximum Gasteiger partial charge on any atom is 0.0618 e. The molecule has 2 heteroatoms. The molecular weight excluding hydrogens is 186 g/mol. The average Bonchev–Trinajstić information content (AvgIpc) is 2.44. The minimum atomic E-state index is 0.508. The van der Waals surface area contributed by atoms with Gasteiger partial charge in [0.25, 0.3) is 0 Å². The van der Waals surface area contributed by atoms with Crippen LogP contribution in [-0.2, 0) is 4.74 Å². The van der Waals surface area contributed by atoms with Gasteiger partial charge < -0.3 is 10.1 Å². The van der Waals surface area contributed by atoms with Gasteiger partial charge in [0.2, 0.25) is 0 Å². The van der Waals surface area contributed by atoms with Crippen LogP contribution in [0.15, 0.2) is 0 Å². The van der Waals surface area contributed by atoms with E-state index < -0.39 is 0 Å². The Morgan fingerprint density at radius 2 is 2.07 bits per heavy atom. The molecule has 0 spiro atoms. The van der Waals surface area contributed by atoms with E-state index in [2.05, 4.69) is 33.0 Å². The number of ether oxygens (including phenoxy) is 1. The van der Waals surface area contributed by atoms with E-state index in [0.717, 1.165) is 6.61 Å². The van der Waals surface area contributed by atoms with Crippen molar-refractivity contribution in [1.29, 1.82) is 0 Å². The van der Waals surface area contributed by atoms with Gasteiger partial charge in [-0.1, -0.05) is 27.7 Å². The fraction of sp³-hybridized carbons (Fsp3) is 1.00. The zero-order valence-corrected chi connectivity index (χ0v) is 11.0. The van der Waals surface area contributed by atoms with Crippen LogP contribution in [0, 0.1) is 11.3 Å². The molecule has 0 bridgehead atoms. The smallest absolute Gasteiger partial charge is 0.0618 e. The fourth-order valence-corrected chi connectivity index (χ4v) is 2.49. The molecule has 0 amide bonds. The molecule has 1 aliphatic rings. The topological polar surface area (TPSA) is 21.3 Å². The van der Waals surface area contributed by atoms with E-state index in [9.17, 15) is 0 Å². The molecule has 1 fully saturated rings. The average molecular weight is 213 g/mol. The highest BCUT2D eigenvalue weighted by Gasteiger charge is 2.32. The molecule has 0 aromatic rings. The first-order valence-electron chi connectivity index (χ1n) is 6.19. The van der Waals surface area contributed by atoms with Crippen LogP contribution in [0.25, 0.3) is 0 Å². The number of methoxy groups -OCH3 is 1. The summed E-state index contributed by atoms with van der Waals surface area (Å²) in [6.45, 7) is 10.1. The molecular formula is C13H27NO. The Hall–Kier alpha value is -0.0800. The Bertz CT molecular complexity index is 189. The molecule has 2 unspecified atom stereocenters. The van der Waals surface area contributed by atoms with E-state index in [-0.39, 0.29) is 0 Å². The van der Waals surface area contributed by atoms with Crippen LogP contribution in [0.1, 0.15) is 47.0 Å². The predicted molar refractivity (Wildman–Crippen MR) is 65.1 cm³/mol. The molecule has 15 heavy (non-hydrogen) atoms. The maximum atomic E-state index is 5.27. The summed E-state index contributed by atoms with van der Waals surface area (Å²) in [5, 5.41) is 3.75. The molecule has 90 valence electrons. The summed E-state index contributed by atoms with van der Waals surface area (Å²) in [5.74, 6) is 0.647. The number of hydrogen-bond acceptors (Lipinski definition) is 2. The molecule has 2 atom stereocenters. The zero-order chi connectivity index (χ0) is 11.5. The summed E-state index contributed by atoms with van der Waals surface area (Å²) in [4.78, 5) is 0. The molecule has 0 saturated heterocycles. The SMILES string of the molecule is COCC(NC1CCC(C)(C)C1)C(C)C. The van der Waals surface area contributed by atoms with Crippen LogP contribution in [-0.4, -0.2) is 25.8 Å². The van der Waals surface area contributed by atoms with E-state index in [4.69, 9.17) is 4.74 Å². The van der Waals surface area contributed by atoms with Gasteiger partial charge in [-0.2, -0.15) is 0 Å². The summed E-state index contributed by atoms with van der Waals surface area (Å²) in [5.41, 5.74) is 0.534. The van der Waals surface area contributed by atoms with E-state index in [0.29, 0.717) is 23.4 Å². The monoisotopic (exact) mass is 213 g/mol. The first-order chi connectivity index (χ1) is 6.94. The summed E-state index contributed by atoms with van der Waals surface area (Å²) >= 11 is 0. The van der Waals surface area contributed by atoms with Crippen LogP contribution in [0.3, 0.4) is 0 Å². The lowest BCUT2D eigenvalue weighted by Gasteiger charge is -2.26. The third-order valence-corrected chi connectivity index (χ3v) is 3.57. The lowest BCUT2D eigenvalue weighted by Crippen LogP contribution is -2.43.